The van der Waals surface area contributed by atoms with Crippen LogP contribution in [0.1, 0.15) is 24.1 Å². The molecule has 0 saturated carbocycles. The Balaban J connectivity index is 1.45. The van der Waals surface area contributed by atoms with Gasteiger partial charge in [0.15, 0.2) is 0 Å². The predicted molar refractivity (Wildman–Crippen MR) is 135 cm³/mol. The number of benzene rings is 1. The highest BCUT2D eigenvalue weighted by molar-refractivity contribution is 7.81. The van der Waals surface area contributed by atoms with Gasteiger partial charge in [0.2, 0.25) is 5.91 Å². The molecule has 36 heavy (non-hydrogen) atoms. The first kappa shape index (κ1) is 22.8. The number of halogens is 1. The molecule has 0 aliphatic carbocycles. The quantitative estimate of drug-likeness (QED) is 0.425. The average molecular weight is 503 g/mol. The van der Waals surface area contributed by atoms with Gasteiger partial charge in [-0.1, -0.05) is 6.07 Å². The molecule has 1 atom stereocenters. The van der Waals surface area contributed by atoms with Gasteiger partial charge < -0.3 is 4.90 Å². The first-order valence-electron chi connectivity index (χ1n) is 11.7. The van der Waals surface area contributed by atoms with Crippen LogP contribution in [0, 0.1) is 5.82 Å². The van der Waals surface area contributed by atoms with Gasteiger partial charge in [0.05, 0.1) is 40.5 Å². The molecule has 0 bridgehead atoms. The van der Waals surface area contributed by atoms with Gasteiger partial charge in [-0.3, -0.25) is 14.8 Å². The molecule has 0 radical (unpaired) electrons. The Morgan fingerprint density at radius 2 is 1.83 bits per heavy atom. The van der Waals surface area contributed by atoms with E-state index >= 15 is 0 Å². The summed E-state index contributed by atoms with van der Waals surface area (Å²) in [4.78, 5) is 33.2. The Morgan fingerprint density at radius 1 is 1.06 bits per heavy atom. The lowest BCUT2D eigenvalue weighted by Gasteiger charge is -2.37. The fourth-order valence-corrected chi connectivity index (χ4v) is 6.21. The molecule has 1 spiro atoms. The minimum Gasteiger partial charge on any atom is -0.304 e. The Hall–Kier alpha value is -3.63. The zero-order valence-electron chi connectivity index (χ0n) is 19.6. The maximum Gasteiger partial charge on any atom is 0.238 e. The van der Waals surface area contributed by atoms with Crippen molar-refractivity contribution in [3.63, 3.8) is 0 Å². The Kier molecular flexibility index (Phi) is 5.57. The van der Waals surface area contributed by atoms with E-state index in [1.165, 1.54) is 18.5 Å². The van der Waals surface area contributed by atoms with Crippen molar-refractivity contribution in [2.24, 2.45) is 0 Å². The standard InChI is InChI=1S/C26H23FN6O2S/c1-36(35)32-8-5-26(6-9-32)21-4-7-28-14-23(21)33(25(26)34)15-22-24(18-11-29-16-30-12-18)20-3-2-19(27)10-17(20)13-31-22/h2-4,7,10-14,16H,5-6,8-9,15H2,1H3. The second kappa shape index (κ2) is 8.79. The fraction of sp³-hybridized carbons (Fsp3) is 0.269. The van der Waals surface area contributed by atoms with E-state index in [4.69, 9.17) is 0 Å². The number of amides is 1. The molecular formula is C26H23FN6O2S. The van der Waals surface area contributed by atoms with Gasteiger partial charge >= 0.3 is 0 Å². The molecule has 0 N–H and O–H groups in total. The van der Waals surface area contributed by atoms with Crippen LogP contribution < -0.4 is 4.90 Å². The molecule has 182 valence electrons. The number of carbonyl (C=O) groups is 1. The molecule has 1 unspecified atom stereocenters. The number of rotatable bonds is 4. The van der Waals surface area contributed by atoms with E-state index in [0.29, 0.717) is 37.0 Å². The third-order valence-corrected chi connectivity index (χ3v) is 8.38. The molecule has 4 aromatic rings. The van der Waals surface area contributed by atoms with Crippen LogP contribution in [-0.2, 0) is 27.7 Å². The summed E-state index contributed by atoms with van der Waals surface area (Å²) < 4.78 is 27.9. The van der Waals surface area contributed by atoms with Gasteiger partial charge in [-0.15, -0.1) is 0 Å². The summed E-state index contributed by atoms with van der Waals surface area (Å²) in [5, 5.41) is 1.46. The Morgan fingerprint density at radius 3 is 2.58 bits per heavy atom. The van der Waals surface area contributed by atoms with Crippen molar-refractivity contribution in [3.05, 3.63) is 78.7 Å². The average Bonchev–Trinajstić information content (AvgIpc) is 3.12. The zero-order valence-corrected chi connectivity index (χ0v) is 20.4. The van der Waals surface area contributed by atoms with E-state index in [9.17, 15) is 13.4 Å². The number of hydrogen-bond donors (Lipinski definition) is 0. The minimum atomic E-state index is -1.07. The molecular weight excluding hydrogens is 479 g/mol. The number of fused-ring (bicyclic) bond motifs is 3. The van der Waals surface area contributed by atoms with E-state index in [-0.39, 0.29) is 18.3 Å². The van der Waals surface area contributed by atoms with Gasteiger partial charge in [0.1, 0.15) is 12.1 Å². The summed E-state index contributed by atoms with van der Waals surface area (Å²) in [5.41, 5.74) is 3.22. The number of anilines is 1. The number of pyridine rings is 2. The molecule has 3 aromatic heterocycles. The summed E-state index contributed by atoms with van der Waals surface area (Å²) in [7, 11) is -1.07. The van der Waals surface area contributed by atoms with E-state index in [1.807, 2.05) is 10.4 Å². The van der Waals surface area contributed by atoms with Crippen molar-refractivity contribution in [1.29, 1.82) is 0 Å². The molecule has 2 aliphatic rings. The van der Waals surface area contributed by atoms with Crippen LogP contribution in [0.3, 0.4) is 0 Å². The number of carbonyl (C=O) groups excluding carboxylic acids is 1. The van der Waals surface area contributed by atoms with E-state index in [0.717, 1.165) is 27.8 Å². The lowest BCUT2D eigenvalue weighted by atomic mass is 9.74. The highest BCUT2D eigenvalue weighted by atomic mass is 32.2. The second-order valence-electron chi connectivity index (χ2n) is 9.16. The molecule has 5 heterocycles. The molecule has 2 aliphatic heterocycles. The lowest BCUT2D eigenvalue weighted by molar-refractivity contribution is -0.124. The van der Waals surface area contributed by atoms with Crippen molar-refractivity contribution in [1.82, 2.24) is 24.2 Å². The highest BCUT2D eigenvalue weighted by Crippen LogP contribution is 2.48. The summed E-state index contributed by atoms with van der Waals surface area (Å²) in [6.07, 6.45) is 12.8. The zero-order chi connectivity index (χ0) is 24.9. The molecule has 8 nitrogen and oxygen atoms in total. The SMILES string of the molecule is CS(=O)N1CCC2(CC1)C(=O)N(Cc1ncc3cc(F)ccc3c1-c1cncnc1)c1cnccc12. The molecule has 1 saturated heterocycles. The topological polar surface area (TPSA) is 92.2 Å². The third-order valence-electron chi connectivity index (χ3n) is 7.29. The Bertz CT molecular complexity index is 1510. The van der Waals surface area contributed by atoms with Crippen molar-refractivity contribution < 1.29 is 13.4 Å². The monoisotopic (exact) mass is 502 g/mol. The van der Waals surface area contributed by atoms with Crippen LogP contribution in [0.25, 0.3) is 21.9 Å². The summed E-state index contributed by atoms with van der Waals surface area (Å²) in [6.45, 7) is 1.38. The number of aromatic nitrogens is 4. The van der Waals surface area contributed by atoms with Crippen LogP contribution in [0.5, 0.6) is 0 Å². The molecule has 1 aromatic carbocycles. The number of hydrogen-bond acceptors (Lipinski definition) is 6. The second-order valence-corrected chi connectivity index (χ2v) is 10.5. The van der Waals surface area contributed by atoms with Crippen LogP contribution in [0.2, 0.25) is 0 Å². The van der Waals surface area contributed by atoms with Crippen molar-refractivity contribution in [3.8, 4) is 11.1 Å². The molecule has 1 amide bonds. The van der Waals surface area contributed by atoms with Crippen molar-refractivity contribution in [2.75, 3.05) is 24.2 Å². The third kappa shape index (κ3) is 3.59. The van der Waals surface area contributed by atoms with E-state index in [2.05, 4.69) is 19.9 Å². The van der Waals surface area contributed by atoms with Crippen LogP contribution in [0.15, 0.2) is 61.6 Å². The first-order chi connectivity index (χ1) is 17.5. The van der Waals surface area contributed by atoms with Crippen molar-refractivity contribution >= 4 is 33.4 Å². The van der Waals surface area contributed by atoms with Gasteiger partial charge in [-0.05, 0) is 42.0 Å². The normalized spacial score (nSPS) is 18.1. The van der Waals surface area contributed by atoms with Crippen molar-refractivity contribution in [2.45, 2.75) is 24.8 Å². The number of nitrogens with zero attached hydrogens (tertiary/aromatic N) is 6. The minimum absolute atomic E-state index is 0.00306. The molecule has 6 rings (SSSR count). The maximum atomic E-state index is 14.1. The molecule has 1 fully saturated rings. The summed E-state index contributed by atoms with van der Waals surface area (Å²) >= 11 is 0. The van der Waals surface area contributed by atoms with Gasteiger partial charge in [0.25, 0.3) is 0 Å². The fourth-order valence-electron chi connectivity index (χ4n) is 5.51. The molecule has 10 heteroatoms. The van der Waals surface area contributed by atoms with Crippen LogP contribution in [0.4, 0.5) is 10.1 Å². The van der Waals surface area contributed by atoms with E-state index in [1.54, 1.807) is 48.2 Å². The lowest BCUT2D eigenvalue weighted by Crippen LogP contribution is -2.48. The largest absolute Gasteiger partial charge is 0.304 e. The highest BCUT2D eigenvalue weighted by Gasteiger charge is 2.52. The van der Waals surface area contributed by atoms with Crippen LogP contribution in [-0.4, -0.2) is 53.7 Å². The van der Waals surface area contributed by atoms with Gasteiger partial charge in [-0.2, -0.15) is 0 Å². The first-order valence-corrected chi connectivity index (χ1v) is 13.2. The smallest absolute Gasteiger partial charge is 0.238 e. The Labute approximate surface area is 209 Å². The number of piperidine rings is 1. The van der Waals surface area contributed by atoms with Gasteiger partial charge in [-0.25, -0.2) is 22.9 Å². The summed E-state index contributed by atoms with van der Waals surface area (Å²) in [6, 6.07) is 6.51. The maximum absolute atomic E-state index is 14.1. The van der Waals surface area contributed by atoms with Gasteiger partial charge in [0, 0.05) is 60.6 Å². The van der Waals surface area contributed by atoms with E-state index < -0.39 is 16.4 Å². The van der Waals surface area contributed by atoms with Crippen LogP contribution >= 0.6 is 0 Å². The predicted octanol–water partition coefficient (Wildman–Crippen LogP) is 3.40. The summed E-state index contributed by atoms with van der Waals surface area (Å²) in [5.74, 6) is -0.341.